The van der Waals surface area contributed by atoms with Gasteiger partial charge in [-0.3, -0.25) is 4.79 Å². The molecule has 0 atom stereocenters. The molecule has 5 nitrogen and oxygen atoms in total. The SMILES string of the molecule is CCc1cccc(CC)c1NC(=O)NCCCC(=O)O. The molecule has 2 amide bonds. The maximum absolute atomic E-state index is 11.8. The number of benzene rings is 1. The number of aliphatic carboxylic acids is 1. The molecule has 3 N–H and O–H groups in total. The van der Waals surface area contributed by atoms with Crippen LogP contribution >= 0.6 is 0 Å². The molecule has 0 aliphatic carbocycles. The number of para-hydroxylation sites is 1. The van der Waals surface area contributed by atoms with Crippen LogP contribution in [0.1, 0.15) is 37.8 Å². The zero-order valence-electron chi connectivity index (χ0n) is 12.0. The van der Waals surface area contributed by atoms with Crippen LogP contribution in [-0.4, -0.2) is 23.7 Å². The van der Waals surface area contributed by atoms with E-state index >= 15 is 0 Å². The highest BCUT2D eigenvalue weighted by Gasteiger charge is 2.09. The van der Waals surface area contributed by atoms with Crippen LogP contribution in [0.15, 0.2) is 18.2 Å². The quantitative estimate of drug-likeness (QED) is 0.671. The molecule has 0 saturated carbocycles. The first-order chi connectivity index (χ1) is 9.58. The Kier molecular flexibility index (Phi) is 6.56. The van der Waals surface area contributed by atoms with E-state index in [0.29, 0.717) is 13.0 Å². The van der Waals surface area contributed by atoms with Gasteiger partial charge in [0.2, 0.25) is 0 Å². The fourth-order valence-corrected chi connectivity index (χ4v) is 2.00. The van der Waals surface area contributed by atoms with E-state index in [9.17, 15) is 9.59 Å². The number of carbonyl (C=O) groups is 2. The molecule has 0 aliphatic rings. The second kappa shape index (κ2) is 8.19. The van der Waals surface area contributed by atoms with E-state index in [2.05, 4.69) is 10.6 Å². The summed E-state index contributed by atoms with van der Waals surface area (Å²) in [5.41, 5.74) is 3.07. The lowest BCUT2D eigenvalue weighted by molar-refractivity contribution is -0.137. The van der Waals surface area contributed by atoms with Gasteiger partial charge in [0, 0.05) is 18.7 Å². The number of nitrogens with one attached hydrogen (secondary N) is 2. The van der Waals surface area contributed by atoms with Gasteiger partial charge in [0.25, 0.3) is 0 Å². The van der Waals surface area contributed by atoms with Crippen molar-refractivity contribution in [1.29, 1.82) is 0 Å². The monoisotopic (exact) mass is 278 g/mol. The molecule has 20 heavy (non-hydrogen) atoms. The normalized spacial score (nSPS) is 10.1. The zero-order chi connectivity index (χ0) is 15.0. The molecule has 1 aromatic carbocycles. The summed E-state index contributed by atoms with van der Waals surface area (Å²) in [5.74, 6) is -0.850. The number of aryl methyl sites for hydroxylation is 2. The lowest BCUT2D eigenvalue weighted by Gasteiger charge is -2.14. The molecule has 110 valence electrons. The lowest BCUT2D eigenvalue weighted by atomic mass is 10.0. The van der Waals surface area contributed by atoms with Crippen molar-refractivity contribution in [2.24, 2.45) is 0 Å². The minimum absolute atomic E-state index is 0.0615. The van der Waals surface area contributed by atoms with Crippen LogP contribution < -0.4 is 10.6 Å². The van der Waals surface area contributed by atoms with E-state index < -0.39 is 5.97 Å². The van der Waals surface area contributed by atoms with Crippen LogP contribution in [0.3, 0.4) is 0 Å². The van der Waals surface area contributed by atoms with E-state index in [-0.39, 0.29) is 12.5 Å². The average molecular weight is 278 g/mol. The van der Waals surface area contributed by atoms with Gasteiger partial charge in [-0.15, -0.1) is 0 Å². The number of anilines is 1. The Morgan fingerprint density at radius 1 is 1.15 bits per heavy atom. The molecule has 0 fully saturated rings. The third-order valence-electron chi connectivity index (χ3n) is 3.09. The first kappa shape index (κ1) is 16.0. The number of urea groups is 1. The Balaban J connectivity index is 2.59. The minimum atomic E-state index is -0.850. The second-order valence-electron chi connectivity index (χ2n) is 4.54. The molecular weight excluding hydrogens is 256 g/mol. The van der Waals surface area contributed by atoms with Gasteiger partial charge in [0.05, 0.1) is 0 Å². The van der Waals surface area contributed by atoms with Gasteiger partial charge in [0.1, 0.15) is 0 Å². The number of amides is 2. The van der Waals surface area contributed by atoms with Gasteiger partial charge in [-0.1, -0.05) is 32.0 Å². The Labute approximate surface area is 119 Å². The maximum Gasteiger partial charge on any atom is 0.319 e. The minimum Gasteiger partial charge on any atom is -0.481 e. The van der Waals surface area contributed by atoms with Gasteiger partial charge in [-0.05, 0) is 30.4 Å². The van der Waals surface area contributed by atoms with Crippen LogP contribution in [0, 0.1) is 0 Å². The van der Waals surface area contributed by atoms with E-state index in [1.807, 2.05) is 32.0 Å². The largest absolute Gasteiger partial charge is 0.481 e. The summed E-state index contributed by atoms with van der Waals surface area (Å²) >= 11 is 0. The Bertz CT molecular complexity index is 450. The summed E-state index contributed by atoms with van der Waals surface area (Å²) in [6.45, 7) is 4.45. The van der Waals surface area contributed by atoms with E-state index in [1.165, 1.54) is 0 Å². The zero-order valence-corrected chi connectivity index (χ0v) is 12.0. The van der Waals surface area contributed by atoms with Crippen LogP contribution in [-0.2, 0) is 17.6 Å². The van der Waals surface area contributed by atoms with Gasteiger partial charge in [0.15, 0.2) is 0 Å². The predicted octanol–water partition coefficient (Wildman–Crippen LogP) is 2.80. The number of hydrogen-bond donors (Lipinski definition) is 3. The summed E-state index contributed by atoms with van der Waals surface area (Å²) in [7, 11) is 0. The van der Waals surface area contributed by atoms with E-state index in [0.717, 1.165) is 29.7 Å². The van der Waals surface area contributed by atoms with E-state index in [1.54, 1.807) is 0 Å². The Morgan fingerprint density at radius 3 is 2.25 bits per heavy atom. The molecule has 0 bridgehead atoms. The predicted molar refractivity (Wildman–Crippen MR) is 79.1 cm³/mol. The summed E-state index contributed by atoms with van der Waals surface area (Å²) < 4.78 is 0. The molecule has 0 radical (unpaired) electrons. The molecule has 0 aliphatic heterocycles. The standard InChI is InChI=1S/C15H22N2O3/c1-3-11-7-5-8-12(4-2)14(11)17-15(20)16-10-6-9-13(18)19/h5,7-8H,3-4,6,9-10H2,1-2H3,(H,18,19)(H2,16,17,20). The molecule has 0 aromatic heterocycles. The van der Waals surface area contributed by atoms with Crippen molar-refractivity contribution in [3.8, 4) is 0 Å². The van der Waals surface area contributed by atoms with Crippen molar-refractivity contribution in [2.75, 3.05) is 11.9 Å². The van der Waals surface area contributed by atoms with E-state index in [4.69, 9.17) is 5.11 Å². The first-order valence-corrected chi connectivity index (χ1v) is 6.95. The molecule has 5 heteroatoms. The van der Waals surface area contributed by atoms with Gasteiger partial charge >= 0.3 is 12.0 Å². The van der Waals surface area contributed by atoms with Crippen molar-refractivity contribution in [1.82, 2.24) is 5.32 Å². The molecule has 1 rings (SSSR count). The lowest BCUT2D eigenvalue weighted by Crippen LogP contribution is -2.30. The number of carboxylic acids is 1. The van der Waals surface area contributed by atoms with Crippen LogP contribution in [0.5, 0.6) is 0 Å². The van der Waals surface area contributed by atoms with Crippen molar-refractivity contribution < 1.29 is 14.7 Å². The summed E-state index contributed by atoms with van der Waals surface area (Å²) in [6.07, 6.45) is 2.19. The third-order valence-corrected chi connectivity index (χ3v) is 3.09. The van der Waals surface area contributed by atoms with Gasteiger partial charge in [-0.25, -0.2) is 4.79 Å². The average Bonchev–Trinajstić information content (AvgIpc) is 2.43. The number of carbonyl (C=O) groups excluding carboxylic acids is 1. The van der Waals surface area contributed by atoms with Gasteiger partial charge in [-0.2, -0.15) is 0 Å². The second-order valence-corrected chi connectivity index (χ2v) is 4.54. The van der Waals surface area contributed by atoms with Crippen LogP contribution in [0.25, 0.3) is 0 Å². The van der Waals surface area contributed by atoms with Crippen LogP contribution in [0.4, 0.5) is 10.5 Å². The topological polar surface area (TPSA) is 78.4 Å². The molecule has 0 saturated heterocycles. The molecule has 0 unspecified atom stereocenters. The highest BCUT2D eigenvalue weighted by atomic mass is 16.4. The molecular formula is C15H22N2O3. The van der Waals surface area contributed by atoms with Crippen molar-refractivity contribution in [2.45, 2.75) is 39.5 Å². The summed E-state index contributed by atoms with van der Waals surface area (Å²) in [6, 6.07) is 5.71. The molecule has 0 heterocycles. The number of carboxylic acid groups (broad SMARTS) is 1. The number of hydrogen-bond acceptors (Lipinski definition) is 2. The fourth-order valence-electron chi connectivity index (χ4n) is 2.00. The Morgan fingerprint density at radius 2 is 1.75 bits per heavy atom. The molecule has 0 spiro atoms. The third kappa shape index (κ3) is 4.91. The van der Waals surface area contributed by atoms with Gasteiger partial charge < -0.3 is 15.7 Å². The first-order valence-electron chi connectivity index (χ1n) is 6.95. The van der Waals surface area contributed by atoms with Crippen molar-refractivity contribution >= 4 is 17.7 Å². The number of rotatable bonds is 7. The maximum atomic E-state index is 11.8. The van der Waals surface area contributed by atoms with Crippen molar-refractivity contribution in [3.05, 3.63) is 29.3 Å². The van der Waals surface area contributed by atoms with Crippen molar-refractivity contribution in [3.63, 3.8) is 0 Å². The smallest absolute Gasteiger partial charge is 0.319 e. The van der Waals surface area contributed by atoms with Crippen LogP contribution in [0.2, 0.25) is 0 Å². The molecule has 1 aromatic rings. The summed E-state index contributed by atoms with van der Waals surface area (Å²) in [5, 5.41) is 14.1. The Hall–Kier alpha value is -2.04. The highest BCUT2D eigenvalue weighted by molar-refractivity contribution is 5.91. The highest BCUT2D eigenvalue weighted by Crippen LogP contribution is 2.22. The fraction of sp³-hybridized carbons (Fsp3) is 0.467. The summed E-state index contributed by atoms with van der Waals surface area (Å²) in [4.78, 5) is 22.2.